The van der Waals surface area contributed by atoms with Crippen molar-refractivity contribution in [1.82, 2.24) is 14.8 Å². The van der Waals surface area contributed by atoms with Crippen LogP contribution in [0.5, 0.6) is 5.75 Å². The highest BCUT2D eigenvalue weighted by Gasteiger charge is 2.18. The molecule has 4 nitrogen and oxygen atoms in total. The van der Waals surface area contributed by atoms with Crippen molar-refractivity contribution in [2.24, 2.45) is 0 Å². The van der Waals surface area contributed by atoms with Gasteiger partial charge in [-0.15, -0.1) is 11.3 Å². The van der Waals surface area contributed by atoms with E-state index in [2.05, 4.69) is 27.3 Å². The SMILES string of the molecule is Fc1ccccc1OCCN1CCN(Cc2csc(-c3ccccc3)n2)CC1. The minimum Gasteiger partial charge on any atom is -0.489 e. The summed E-state index contributed by atoms with van der Waals surface area (Å²) in [7, 11) is 0. The second-order valence-corrected chi connectivity index (χ2v) is 7.76. The summed E-state index contributed by atoms with van der Waals surface area (Å²) in [5.74, 6) is 0.0318. The van der Waals surface area contributed by atoms with Gasteiger partial charge in [-0.1, -0.05) is 42.5 Å². The summed E-state index contributed by atoms with van der Waals surface area (Å²) in [4.78, 5) is 9.60. The normalized spacial score (nSPS) is 15.6. The second kappa shape index (κ2) is 9.28. The first-order valence-corrected chi connectivity index (χ1v) is 10.5. The molecule has 28 heavy (non-hydrogen) atoms. The molecule has 0 N–H and O–H groups in total. The molecule has 0 saturated carbocycles. The molecule has 0 atom stereocenters. The van der Waals surface area contributed by atoms with E-state index < -0.39 is 0 Å². The van der Waals surface area contributed by atoms with E-state index in [0.29, 0.717) is 12.4 Å². The number of piperazine rings is 1. The molecule has 0 bridgehead atoms. The first-order chi connectivity index (χ1) is 13.8. The number of halogens is 1. The maximum absolute atomic E-state index is 13.6. The van der Waals surface area contributed by atoms with E-state index in [0.717, 1.165) is 50.0 Å². The third kappa shape index (κ3) is 4.95. The molecule has 6 heteroatoms. The highest BCUT2D eigenvalue weighted by molar-refractivity contribution is 7.13. The molecule has 3 aromatic rings. The van der Waals surface area contributed by atoms with Crippen LogP contribution in [0.15, 0.2) is 60.0 Å². The second-order valence-electron chi connectivity index (χ2n) is 6.91. The zero-order valence-electron chi connectivity index (χ0n) is 15.8. The van der Waals surface area contributed by atoms with Crippen LogP contribution in [0, 0.1) is 5.82 Å². The van der Waals surface area contributed by atoms with Crippen molar-refractivity contribution in [3.05, 3.63) is 71.5 Å². The number of aromatic nitrogens is 1. The number of rotatable bonds is 7. The fraction of sp³-hybridized carbons (Fsp3) is 0.318. The highest BCUT2D eigenvalue weighted by Crippen LogP contribution is 2.24. The minimum atomic E-state index is -0.301. The molecule has 1 fully saturated rings. The largest absolute Gasteiger partial charge is 0.489 e. The van der Waals surface area contributed by atoms with Gasteiger partial charge in [0.1, 0.15) is 11.6 Å². The Bertz CT molecular complexity index is 878. The van der Waals surface area contributed by atoms with Crippen LogP contribution >= 0.6 is 11.3 Å². The van der Waals surface area contributed by atoms with Gasteiger partial charge in [0.15, 0.2) is 11.6 Å². The van der Waals surface area contributed by atoms with Crippen molar-refractivity contribution in [2.75, 3.05) is 39.3 Å². The number of para-hydroxylation sites is 1. The van der Waals surface area contributed by atoms with Gasteiger partial charge < -0.3 is 4.74 Å². The van der Waals surface area contributed by atoms with Crippen molar-refractivity contribution in [2.45, 2.75) is 6.54 Å². The monoisotopic (exact) mass is 397 g/mol. The molecule has 2 aromatic carbocycles. The molecular weight excluding hydrogens is 373 g/mol. The average molecular weight is 398 g/mol. The first kappa shape index (κ1) is 19.1. The molecule has 1 saturated heterocycles. The summed E-state index contributed by atoms with van der Waals surface area (Å²) in [6, 6.07) is 16.9. The van der Waals surface area contributed by atoms with E-state index in [4.69, 9.17) is 9.72 Å². The number of ether oxygens (including phenoxy) is 1. The average Bonchev–Trinajstić information content (AvgIpc) is 3.20. The van der Waals surface area contributed by atoms with Gasteiger partial charge in [-0.3, -0.25) is 9.80 Å². The first-order valence-electron chi connectivity index (χ1n) is 9.60. The minimum absolute atomic E-state index is 0.301. The van der Waals surface area contributed by atoms with Crippen molar-refractivity contribution in [1.29, 1.82) is 0 Å². The Labute approximate surface area is 169 Å². The molecule has 4 rings (SSSR count). The van der Waals surface area contributed by atoms with Gasteiger partial charge >= 0.3 is 0 Å². The van der Waals surface area contributed by atoms with Crippen molar-refractivity contribution in [3.63, 3.8) is 0 Å². The summed E-state index contributed by atoms with van der Waals surface area (Å²) in [6.07, 6.45) is 0. The smallest absolute Gasteiger partial charge is 0.165 e. The zero-order valence-corrected chi connectivity index (χ0v) is 16.6. The molecule has 0 unspecified atom stereocenters. The Balaban J connectivity index is 1.20. The fourth-order valence-electron chi connectivity index (χ4n) is 3.34. The van der Waals surface area contributed by atoms with Crippen LogP contribution in [0.25, 0.3) is 10.6 Å². The lowest BCUT2D eigenvalue weighted by Gasteiger charge is -2.34. The van der Waals surface area contributed by atoms with Crippen LogP contribution in [0.3, 0.4) is 0 Å². The van der Waals surface area contributed by atoms with Crippen LogP contribution in [-0.2, 0) is 6.54 Å². The summed E-state index contributed by atoms with van der Waals surface area (Å²) >= 11 is 1.71. The predicted molar refractivity (Wildman–Crippen MR) is 111 cm³/mol. The number of benzene rings is 2. The molecule has 1 aromatic heterocycles. The van der Waals surface area contributed by atoms with Gasteiger partial charge in [0, 0.05) is 50.2 Å². The van der Waals surface area contributed by atoms with E-state index in [9.17, 15) is 4.39 Å². The quantitative estimate of drug-likeness (QED) is 0.599. The van der Waals surface area contributed by atoms with Gasteiger partial charge in [-0.2, -0.15) is 0 Å². The maximum atomic E-state index is 13.6. The Kier molecular flexibility index (Phi) is 6.31. The van der Waals surface area contributed by atoms with E-state index in [1.54, 1.807) is 29.5 Å². The molecular formula is C22H24FN3OS. The van der Waals surface area contributed by atoms with Gasteiger partial charge in [-0.05, 0) is 12.1 Å². The van der Waals surface area contributed by atoms with Crippen LogP contribution in [0.4, 0.5) is 4.39 Å². The fourth-order valence-corrected chi connectivity index (χ4v) is 4.16. The van der Waals surface area contributed by atoms with Crippen molar-refractivity contribution < 1.29 is 9.13 Å². The van der Waals surface area contributed by atoms with Crippen LogP contribution in [-0.4, -0.2) is 54.1 Å². The van der Waals surface area contributed by atoms with Crippen molar-refractivity contribution in [3.8, 4) is 16.3 Å². The number of nitrogens with zero attached hydrogens (tertiary/aromatic N) is 3. The molecule has 0 aliphatic carbocycles. The Hall–Kier alpha value is -2.28. The van der Waals surface area contributed by atoms with Crippen LogP contribution < -0.4 is 4.74 Å². The molecule has 1 aliphatic rings. The summed E-state index contributed by atoms with van der Waals surface area (Å²) in [6.45, 7) is 6.23. The third-order valence-corrected chi connectivity index (χ3v) is 5.86. The summed E-state index contributed by atoms with van der Waals surface area (Å²) in [5, 5.41) is 3.25. The van der Waals surface area contributed by atoms with Gasteiger partial charge in [0.2, 0.25) is 0 Å². The van der Waals surface area contributed by atoms with E-state index in [1.165, 1.54) is 11.6 Å². The van der Waals surface area contributed by atoms with Gasteiger partial charge in [0.25, 0.3) is 0 Å². The molecule has 1 aliphatic heterocycles. The van der Waals surface area contributed by atoms with Gasteiger partial charge in [0.05, 0.1) is 5.69 Å². The molecule has 0 radical (unpaired) electrons. The van der Waals surface area contributed by atoms with E-state index in [1.807, 2.05) is 18.2 Å². The maximum Gasteiger partial charge on any atom is 0.165 e. The standard InChI is InChI=1S/C22H24FN3OS/c23-20-8-4-5-9-21(20)27-15-14-25-10-12-26(13-11-25)16-19-17-28-22(24-19)18-6-2-1-3-7-18/h1-9,17H,10-16H2. The Morgan fingerprint density at radius 2 is 1.64 bits per heavy atom. The highest BCUT2D eigenvalue weighted by atomic mass is 32.1. The topological polar surface area (TPSA) is 28.6 Å². The van der Waals surface area contributed by atoms with E-state index >= 15 is 0 Å². The third-order valence-electron chi connectivity index (χ3n) is 4.92. The molecule has 0 spiro atoms. The number of hydrogen-bond acceptors (Lipinski definition) is 5. The molecule has 0 amide bonds. The lowest BCUT2D eigenvalue weighted by molar-refractivity contribution is 0.111. The van der Waals surface area contributed by atoms with Crippen LogP contribution in [0.1, 0.15) is 5.69 Å². The molecule has 146 valence electrons. The Morgan fingerprint density at radius 3 is 2.43 bits per heavy atom. The van der Waals surface area contributed by atoms with Gasteiger partial charge in [-0.25, -0.2) is 9.37 Å². The summed E-state index contributed by atoms with van der Waals surface area (Å²) in [5.41, 5.74) is 2.32. The molecule has 2 heterocycles. The lowest BCUT2D eigenvalue weighted by atomic mass is 10.2. The predicted octanol–water partition coefficient (Wildman–Crippen LogP) is 4.15. The van der Waals surface area contributed by atoms with E-state index in [-0.39, 0.29) is 5.82 Å². The summed E-state index contributed by atoms with van der Waals surface area (Å²) < 4.78 is 19.1. The van der Waals surface area contributed by atoms with Crippen molar-refractivity contribution >= 4 is 11.3 Å². The zero-order chi connectivity index (χ0) is 19.2. The number of thiazole rings is 1. The number of hydrogen-bond donors (Lipinski definition) is 0. The lowest BCUT2D eigenvalue weighted by Crippen LogP contribution is -2.47. The Morgan fingerprint density at radius 1 is 0.929 bits per heavy atom. The van der Waals surface area contributed by atoms with Crippen LogP contribution in [0.2, 0.25) is 0 Å².